The third-order valence-electron chi connectivity index (χ3n) is 5.43. The summed E-state index contributed by atoms with van der Waals surface area (Å²) in [5, 5.41) is 18.3. The van der Waals surface area contributed by atoms with Crippen molar-refractivity contribution in [3.05, 3.63) is 65.2 Å². The van der Waals surface area contributed by atoms with Gasteiger partial charge in [-0.25, -0.2) is 0 Å². The molecule has 2 aromatic carbocycles. The molecule has 0 saturated carbocycles. The van der Waals surface area contributed by atoms with Crippen molar-refractivity contribution >= 4 is 23.6 Å². The Hall–Kier alpha value is -3.12. The van der Waals surface area contributed by atoms with E-state index in [-0.39, 0.29) is 11.7 Å². The lowest BCUT2D eigenvalue weighted by Gasteiger charge is -2.22. The molecule has 1 fully saturated rings. The number of aliphatic imine (C=N–C) groups is 1. The molecule has 1 saturated heterocycles. The van der Waals surface area contributed by atoms with Gasteiger partial charge in [-0.05, 0) is 59.4 Å². The van der Waals surface area contributed by atoms with Crippen molar-refractivity contribution in [3.8, 4) is 5.75 Å². The van der Waals surface area contributed by atoms with E-state index in [1.807, 2.05) is 25.3 Å². The predicted octanol–water partition coefficient (Wildman–Crippen LogP) is 4.72. The van der Waals surface area contributed by atoms with Gasteiger partial charge in [0.05, 0.1) is 6.61 Å². The number of likely N-dealkylation sites (N-methyl/N-ethyl adjacent to an activating group) is 1. The lowest BCUT2D eigenvalue weighted by molar-refractivity contribution is 0.182. The summed E-state index contributed by atoms with van der Waals surface area (Å²) < 4.78 is 5.13. The Morgan fingerprint density at radius 2 is 2.00 bits per heavy atom. The third-order valence-corrected chi connectivity index (χ3v) is 5.43. The number of hydrogen-bond acceptors (Lipinski definition) is 3. The van der Waals surface area contributed by atoms with Gasteiger partial charge in [0, 0.05) is 32.9 Å². The molecule has 6 nitrogen and oxygen atoms in total. The summed E-state index contributed by atoms with van der Waals surface area (Å²) >= 11 is 0. The van der Waals surface area contributed by atoms with E-state index >= 15 is 0 Å². The number of amidine groups is 1. The molecule has 1 aliphatic rings. The number of methoxy groups -OCH3 is 1. The summed E-state index contributed by atoms with van der Waals surface area (Å²) in [6.45, 7) is 6.30. The number of nitrogens with one attached hydrogen (secondary N) is 1. The monoisotopic (exact) mass is 420 g/mol. The van der Waals surface area contributed by atoms with E-state index in [2.05, 4.69) is 43.0 Å². The number of aromatic hydroxyl groups is 1. The van der Waals surface area contributed by atoms with Crippen LogP contribution in [0.3, 0.4) is 0 Å². The van der Waals surface area contributed by atoms with E-state index in [0.29, 0.717) is 19.1 Å². The third kappa shape index (κ3) is 5.73. The quantitative estimate of drug-likeness (QED) is 0.524. The number of ether oxygens (including phenoxy) is 1. The average molecular weight is 421 g/mol. The van der Waals surface area contributed by atoms with Crippen LogP contribution in [0.5, 0.6) is 5.75 Å². The Kier molecular flexibility index (Phi) is 7.47. The summed E-state index contributed by atoms with van der Waals surface area (Å²) in [4.78, 5) is 8.65. The fourth-order valence-electron chi connectivity index (χ4n) is 3.52. The van der Waals surface area contributed by atoms with E-state index in [9.17, 15) is 5.11 Å². The lowest BCUT2D eigenvalue weighted by atomic mass is 10.0. The Labute approximate surface area is 185 Å². The molecule has 0 bridgehead atoms. The Bertz CT molecular complexity index is 964. The summed E-state index contributed by atoms with van der Waals surface area (Å²) in [7, 11) is 3.50. The molecule has 2 aromatic rings. The summed E-state index contributed by atoms with van der Waals surface area (Å²) in [6, 6.07) is 15.8. The van der Waals surface area contributed by atoms with Crippen LogP contribution in [-0.4, -0.2) is 55.7 Å². The van der Waals surface area contributed by atoms with E-state index < -0.39 is 0 Å². The van der Waals surface area contributed by atoms with E-state index in [4.69, 9.17) is 15.1 Å². The smallest absolute Gasteiger partial charge is 0.219 e. The maximum atomic E-state index is 9.83. The fraction of sp³-hybridized carbons (Fsp3) is 0.360. The Morgan fingerprint density at radius 3 is 2.65 bits per heavy atom. The van der Waals surface area contributed by atoms with Gasteiger partial charge in [0.1, 0.15) is 11.6 Å². The molecule has 0 aromatic heterocycles. The highest BCUT2D eigenvalue weighted by molar-refractivity contribution is 6.17. The summed E-state index contributed by atoms with van der Waals surface area (Å²) in [5.74, 6) is 1.68. The molecule has 0 radical (unpaired) electrons. The van der Waals surface area contributed by atoms with E-state index in [1.54, 1.807) is 24.1 Å². The standard InChI is InChI=1S/C25H32N4O2/c1-18(2)20-8-10-22(11-9-20)29-13-12-21(16-19-6-5-7-23(30)17-19)24(29)27-25(26)28(3)14-15-31-4/h5-11,16-18,26,30H,12-15H2,1-4H3/b21-16+,26-25?,27-24+. The van der Waals surface area contributed by atoms with Gasteiger partial charge in [-0.1, -0.05) is 38.1 Å². The van der Waals surface area contributed by atoms with Gasteiger partial charge >= 0.3 is 0 Å². The predicted molar refractivity (Wildman–Crippen MR) is 128 cm³/mol. The first-order valence-electron chi connectivity index (χ1n) is 10.6. The molecule has 31 heavy (non-hydrogen) atoms. The van der Waals surface area contributed by atoms with Crippen LogP contribution in [0.4, 0.5) is 5.69 Å². The molecule has 1 heterocycles. The number of phenols is 1. The van der Waals surface area contributed by atoms with Gasteiger partial charge in [-0.15, -0.1) is 0 Å². The molecule has 1 aliphatic heterocycles. The van der Waals surface area contributed by atoms with Gasteiger partial charge in [0.25, 0.3) is 0 Å². The molecular formula is C25H32N4O2. The zero-order valence-corrected chi connectivity index (χ0v) is 18.8. The number of benzene rings is 2. The van der Waals surface area contributed by atoms with Crippen molar-refractivity contribution in [2.75, 3.05) is 38.8 Å². The number of phenolic OH excluding ortho intramolecular Hbond substituents is 1. The van der Waals surface area contributed by atoms with Crippen LogP contribution in [-0.2, 0) is 4.74 Å². The van der Waals surface area contributed by atoms with E-state index in [0.717, 1.165) is 35.6 Å². The van der Waals surface area contributed by atoms with Crippen LogP contribution in [0.15, 0.2) is 59.1 Å². The number of nitrogens with zero attached hydrogens (tertiary/aromatic N) is 3. The highest BCUT2D eigenvalue weighted by Crippen LogP contribution is 2.29. The van der Waals surface area contributed by atoms with Crippen LogP contribution in [0.1, 0.15) is 37.3 Å². The molecule has 0 atom stereocenters. The number of anilines is 1. The maximum absolute atomic E-state index is 9.83. The van der Waals surface area contributed by atoms with Crippen LogP contribution in [0, 0.1) is 5.41 Å². The van der Waals surface area contributed by atoms with Crippen molar-refractivity contribution in [2.45, 2.75) is 26.2 Å². The molecular weight excluding hydrogens is 388 g/mol. The molecule has 0 unspecified atom stereocenters. The Balaban J connectivity index is 1.96. The van der Waals surface area contributed by atoms with Crippen molar-refractivity contribution in [2.24, 2.45) is 4.99 Å². The minimum absolute atomic E-state index is 0.194. The van der Waals surface area contributed by atoms with Gasteiger partial charge in [0.2, 0.25) is 5.96 Å². The zero-order valence-electron chi connectivity index (χ0n) is 18.8. The van der Waals surface area contributed by atoms with Gasteiger partial charge in [-0.2, -0.15) is 4.99 Å². The second-order valence-corrected chi connectivity index (χ2v) is 8.09. The van der Waals surface area contributed by atoms with Gasteiger partial charge < -0.3 is 19.6 Å². The van der Waals surface area contributed by atoms with Crippen LogP contribution >= 0.6 is 0 Å². The minimum atomic E-state index is 0.194. The summed E-state index contributed by atoms with van der Waals surface area (Å²) in [5.41, 5.74) is 4.32. The largest absolute Gasteiger partial charge is 0.508 e. The SMILES string of the molecule is COCCN(C)C(=N)/N=C1\C(=C\c2cccc(O)c2)CCN1c1ccc(C(C)C)cc1. The van der Waals surface area contributed by atoms with E-state index in [1.165, 1.54) is 5.56 Å². The molecule has 0 amide bonds. The highest BCUT2D eigenvalue weighted by atomic mass is 16.5. The first kappa shape index (κ1) is 22.6. The normalized spacial score (nSPS) is 16.5. The second kappa shape index (κ2) is 10.3. The van der Waals surface area contributed by atoms with Crippen LogP contribution in [0.2, 0.25) is 0 Å². The first-order chi connectivity index (χ1) is 14.9. The highest BCUT2D eigenvalue weighted by Gasteiger charge is 2.26. The van der Waals surface area contributed by atoms with Crippen molar-refractivity contribution < 1.29 is 9.84 Å². The molecule has 0 aliphatic carbocycles. The molecule has 3 rings (SSSR count). The zero-order chi connectivity index (χ0) is 22.4. The molecule has 2 N–H and O–H groups in total. The lowest BCUT2D eigenvalue weighted by Crippen LogP contribution is -2.32. The topological polar surface area (TPSA) is 72.1 Å². The van der Waals surface area contributed by atoms with Gasteiger partial charge in [0.15, 0.2) is 0 Å². The van der Waals surface area contributed by atoms with Crippen LogP contribution < -0.4 is 4.90 Å². The molecule has 164 valence electrons. The minimum Gasteiger partial charge on any atom is -0.508 e. The van der Waals surface area contributed by atoms with Crippen molar-refractivity contribution in [3.63, 3.8) is 0 Å². The maximum Gasteiger partial charge on any atom is 0.219 e. The summed E-state index contributed by atoms with van der Waals surface area (Å²) in [6.07, 6.45) is 2.86. The Morgan fingerprint density at radius 1 is 1.26 bits per heavy atom. The number of rotatable bonds is 6. The number of hydrogen-bond donors (Lipinski definition) is 2. The first-order valence-corrected chi connectivity index (χ1v) is 10.6. The fourth-order valence-corrected chi connectivity index (χ4v) is 3.52. The molecule has 6 heteroatoms. The van der Waals surface area contributed by atoms with Crippen LogP contribution in [0.25, 0.3) is 6.08 Å². The van der Waals surface area contributed by atoms with Gasteiger partial charge in [-0.3, -0.25) is 5.41 Å². The number of guanidine groups is 1. The van der Waals surface area contributed by atoms with Crippen molar-refractivity contribution in [1.29, 1.82) is 5.41 Å². The second-order valence-electron chi connectivity index (χ2n) is 8.09. The molecule has 0 spiro atoms. The average Bonchev–Trinajstić information content (AvgIpc) is 3.14. The van der Waals surface area contributed by atoms with Crippen molar-refractivity contribution in [1.82, 2.24) is 4.90 Å².